The first-order chi connectivity index (χ1) is 9.56. The van der Waals surface area contributed by atoms with Gasteiger partial charge < -0.3 is 15.2 Å². The minimum absolute atomic E-state index is 0.364. The molecule has 1 fully saturated rings. The summed E-state index contributed by atoms with van der Waals surface area (Å²) in [6, 6.07) is 6.72. The van der Waals surface area contributed by atoms with E-state index < -0.39 is 30.0 Å². The number of fused-ring (bicyclic) bond motifs is 2. The highest BCUT2D eigenvalue weighted by molar-refractivity contribution is 6.30. The molecular formula is C14H12ClNO4. The largest absolute Gasteiger partial charge is 0.481 e. The molecule has 3 rings (SSSR count). The van der Waals surface area contributed by atoms with Crippen LogP contribution in [0.4, 0.5) is 5.69 Å². The third kappa shape index (κ3) is 2.19. The van der Waals surface area contributed by atoms with Crippen molar-refractivity contribution in [3.8, 4) is 0 Å². The predicted molar refractivity (Wildman–Crippen MR) is 72.5 cm³/mol. The number of carboxylic acid groups (broad SMARTS) is 1. The Morgan fingerprint density at radius 2 is 1.90 bits per heavy atom. The molecule has 5 nitrogen and oxygen atoms in total. The summed E-state index contributed by atoms with van der Waals surface area (Å²) in [7, 11) is 0. The number of hydrogen-bond acceptors (Lipinski definition) is 3. The van der Waals surface area contributed by atoms with Gasteiger partial charge in [-0.3, -0.25) is 9.59 Å². The first-order valence-electron chi connectivity index (χ1n) is 6.19. The number of rotatable bonds is 3. The molecule has 2 aliphatic rings. The van der Waals surface area contributed by atoms with Gasteiger partial charge in [-0.25, -0.2) is 0 Å². The fourth-order valence-electron chi connectivity index (χ4n) is 2.71. The molecule has 2 heterocycles. The Balaban J connectivity index is 1.80. The van der Waals surface area contributed by atoms with Gasteiger partial charge in [0.05, 0.1) is 18.1 Å². The molecule has 2 N–H and O–H groups in total. The summed E-state index contributed by atoms with van der Waals surface area (Å²) in [5.74, 6) is -2.95. The summed E-state index contributed by atoms with van der Waals surface area (Å²) < 4.78 is 5.46. The van der Waals surface area contributed by atoms with Crippen LogP contribution in [0, 0.1) is 11.8 Å². The van der Waals surface area contributed by atoms with E-state index in [4.69, 9.17) is 16.3 Å². The molecule has 4 atom stereocenters. The van der Waals surface area contributed by atoms with E-state index in [2.05, 4.69) is 5.32 Å². The Morgan fingerprint density at radius 3 is 2.55 bits per heavy atom. The number of carbonyl (C=O) groups excluding carboxylic acids is 1. The van der Waals surface area contributed by atoms with Gasteiger partial charge in [-0.05, 0) is 18.2 Å². The predicted octanol–water partition coefficient (Wildman–Crippen LogP) is 1.93. The van der Waals surface area contributed by atoms with Crippen molar-refractivity contribution in [2.24, 2.45) is 11.8 Å². The molecule has 0 saturated carbocycles. The monoisotopic (exact) mass is 293 g/mol. The molecule has 1 aromatic rings. The van der Waals surface area contributed by atoms with Crippen LogP contribution >= 0.6 is 11.6 Å². The van der Waals surface area contributed by atoms with E-state index in [9.17, 15) is 14.7 Å². The Labute approximate surface area is 120 Å². The Hall–Kier alpha value is -1.85. The van der Waals surface area contributed by atoms with Crippen molar-refractivity contribution < 1.29 is 19.4 Å². The zero-order valence-corrected chi connectivity index (χ0v) is 11.1. The highest BCUT2D eigenvalue weighted by Crippen LogP contribution is 2.39. The van der Waals surface area contributed by atoms with Crippen LogP contribution in [0.3, 0.4) is 0 Å². The summed E-state index contributed by atoms with van der Waals surface area (Å²) in [5.41, 5.74) is 0.540. The lowest BCUT2D eigenvalue weighted by molar-refractivity contribution is -0.145. The molecule has 0 aromatic heterocycles. The first-order valence-corrected chi connectivity index (χ1v) is 6.57. The number of benzene rings is 1. The number of hydrogen-bond donors (Lipinski definition) is 2. The molecule has 0 aliphatic carbocycles. The zero-order valence-electron chi connectivity index (χ0n) is 10.3. The summed E-state index contributed by atoms with van der Waals surface area (Å²) >= 11 is 5.85. The van der Waals surface area contributed by atoms with Crippen molar-refractivity contribution in [1.29, 1.82) is 0 Å². The maximum absolute atomic E-state index is 12.3. The quantitative estimate of drug-likeness (QED) is 0.835. The molecule has 0 radical (unpaired) electrons. The number of ether oxygens (including phenoxy) is 1. The average Bonchev–Trinajstić information content (AvgIpc) is 2.98. The fourth-order valence-corrected chi connectivity index (χ4v) is 2.90. The van der Waals surface area contributed by atoms with Crippen molar-refractivity contribution in [3.63, 3.8) is 0 Å². The number of carbonyl (C=O) groups is 2. The van der Waals surface area contributed by atoms with Gasteiger partial charge in [0.1, 0.15) is 5.92 Å². The topological polar surface area (TPSA) is 75.6 Å². The lowest BCUT2D eigenvalue weighted by atomic mass is 9.82. The van der Waals surface area contributed by atoms with Gasteiger partial charge >= 0.3 is 5.97 Å². The third-order valence-corrected chi connectivity index (χ3v) is 3.81. The highest BCUT2D eigenvalue weighted by atomic mass is 35.5. The van der Waals surface area contributed by atoms with Crippen molar-refractivity contribution in [2.75, 3.05) is 5.32 Å². The molecule has 0 spiro atoms. The van der Waals surface area contributed by atoms with Gasteiger partial charge in [0.25, 0.3) is 0 Å². The molecule has 2 aliphatic heterocycles. The van der Waals surface area contributed by atoms with Crippen LogP contribution in [-0.4, -0.2) is 29.2 Å². The van der Waals surface area contributed by atoms with Gasteiger partial charge in [0, 0.05) is 10.7 Å². The normalized spacial score (nSPS) is 30.4. The van der Waals surface area contributed by atoms with E-state index in [1.165, 1.54) is 0 Å². The molecule has 1 aromatic carbocycles. The van der Waals surface area contributed by atoms with Gasteiger partial charge in [-0.2, -0.15) is 0 Å². The van der Waals surface area contributed by atoms with Crippen LogP contribution in [0.5, 0.6) is 0 Å². The number of nitrogens with one attached hydrogen (secondary N) is 1. The van der Waals surface area contributed by atoms with Crippen LogP contribution in [0.25, 0.3) is 0 Å². The molecule has 104 valence electrons. The molecule has 20 heavy (non-hydrogen) atoms. The maximum atomic E-state index is 12.3. The van der Waals surface area contributed by atoms with Gasteiger partial charge in [-0.1, -0.05) is 29.8 Å². The van der Waals surface area contributed by atoms with E-state index in [0.717, 1.165) is 0 Å². The van der Waals surface area contributed by atoms with Crippen LogP contribution in [-0.2, 0) is 14.3 Å². The third-order valence-electron chi connectivity index (χ3n) is 3.58. The lowest BCUT2D eigenvalue weighted by Gasteiger charge is -2.21. The molecular weight excluding hydrogens is 282 g/mol. The van der Waals surface area contributed by atoms with Gasteiger partial charge in [0.15, 0.2) is 0 Å². The number of anilines is 1. The second-order valence-corrected chi connectivity index (χ2v) is 5.28. The Bertz CT molecular complexity index is 601. The summed E-state index contributed by atoms with van der Waals surface area (Å²) in [6.07, 6.45) is 2.45. The van der Waals surface area contributed by atoms with E-state index in [1.54, 1.807) is 36.4 Å². The van der Waals surface area contributed by atoms with E-state index in [-0.39, 0.29) is 5.91 Å². The molecule has 6 heteroatoms. The number of halogens is 1. The Kier molecular flexibility index (Phi) is 3.23. The average molecular weight is 294 g/mol. The summed E-state index contributed by atoms with van der Waals surface area (Å²) in [5, 5.41) is 12.4. The number of aliphatic carboxylic acids is 1. The van der Waals surface area contributed by atoms with Crippen LogP contribution in [0.2, 0.25) is 5.02 Å². The summed E-state index contributed by atoms with van der Waals surface area (Å²) in [4.78, 5) is 23.6. The molecule has 1 amide bonds. The second kappa shape index (κ2) is 4.92. The number of carboxylic acids is 1. The fraction of sp³-hybridized carbons (Fsp3) is 0.286. The lowest BCUT2D eigenvalue weighted by Crippen LogP contribution is -2.39. The van der Waals surface area contributed by atoms with Crippen LogP contribution in [0.1, 0.15) is 0 Å². The summed E-state index contributed by atoms with van der Waals surface area (Å²) in [6.45, 7) is 0. The standard InChI is InChI=1S/C14H12ClNO4/c15-7-2-1-3-8(6-7)16-13(17)11-9-4-5-10(20-9)12(11)14(18)19/h1-6,9-12H,(H,16,17)(H,18,19)/t9-,10-,11-,12+/m1/s1. The number of amides is 1. The zero-order chi connectivity index (χ0) is 14.3. The molecule has 2 bridgehead atoms. The van der Waals surface area contributed by atoms with E-state index in [0.29, 0.717) is 10.7 Å². The van der Waals surface area contributed by atoms with Crippen molar-refractivity contribution in [3.05, 3.63) is 41.4 Å². The van der Waals surface area contributed by atoms with Crippen molar-refractivity contribution >= 4 is 29.2 Å². The van der Waals surface area contributed by atoms with E-state index in [1.807, 2.05) is 0 Å². The van der Waals surface area contributed by atoms with Crippen LogP contribution in [0.15, 0.2) is 36.4 Å². The second-order valence-electron chi connectivity index (χ2n) is 4.84. The first kappa shape index (κ1) is 13.1. The SMILES string of the molecule is O=C(O)[C@@H]1[C@H](C(=O)Nc2cccc(Cl)c2)[C@H]2C=C[C@H]1O2. The maximum Gasteiger partial charge on any atom is 0.310 e. The smallest absolute Gasteiger partial charge is 0.310 e. The minimum atomic E-state index is -1.02. The molecule has 1 saturated heterocycles. The molecule has 0 unspecified atom stereocenters. The van der Waals surface area contributed by atoms with Gasteiger partial charge in [0.2, 0.25) is 5.91 Å². The van der Waals surface area contributed by atoms with Gasteiger partial charge in [-0.15, -0.1) is 0 Å². The minimum Gasteiger partial charge on any atom is -0.481 e. The Morgan fingerprint density at radius 1 is 1.20 bits per heavy atom. The van der Waals surface area contributed by atoms with Crippen molar-refractivity contribution in [2.45, 2.75) is 12.2 Å². The highest BCUT2D eigenvalue weighted by Gasteiger charge is 2.53. The van der Waals surface area contributed by atoms with E-state index >= 15 is 0 Å². The van der Waals surface area contributed by atoms with Crippen molar-refractivity contribution in [1.82, 2.24) is 0 Å². The van der Waals surface area contributed by atoms with Crippen LogP contribution < -0.4 is 5.32 Å².